The largest absolute Gasteiger partial charge is 0.391 e. The van der Waals surface area contributed by atoms with E-state index in [0.717, 1.165) is 12.7 Å². The van der Waals surface area contributed by atoms with Gasteiger partial charge in [0, 0.05) is 12.5 Å². The maximum absolute atomic E-state index is 11.5. The normalized spacial score (nSPS) is 29.8. The number of aliphatic hydroxyl groups is 1. The van der Waals surface area contributed by atoms with Crippen molar-refractivity contribution >= 4 is 19.7 Å². The van der Waals surface area contributed by atoms with E-state index >= 15 is 0 Å². The summed E-state index contributed by atoms with van der Waals surface area (Å²) in [6, 6.07) is 0. The van der Waals surface area contributed by atoms with Gasteiger partial charge in [0.05, 0.1) is 16.6 Å². The third-order valence-corrected chi connectivity index (χ3v) is 7.18. The molecule has 0 radical (unpaired) electrons. The second-order valence-electron chi connectivity index (χ2n) is 5.40. The molecule has 0 heterocycles. The van der Waals surface area contributed by atoms with Gasteiger partial charge in [-0.3, -0.25) is 0 Å². The number of sulfone groups is 2. The lowest BCUT2D eigenvalue weighted by Crippen LogP contribution is -2.41. The number of hydrogen-bond acceptors (Lipinski definition) is 5. The first-order valence-electron chi connectivity index (χ1n) is 6.09. The summed E-state index contributed by atoms with van der Waals surface area (Å²) in [6.45, 7) is 1.48. The molecule has 0 aromatic rings. The van der Waals surface area contributed by atoms with E-state index in [1.165, 1.54) is 13.2 Å². The standard InChI is InChI=1S/C11H22O5S2/c1-8(17(2,13)14)11(12)9-5-4-6-10(7-9)18(3,15)16/h8-12H,4-7H2,1-3H3. The third kappa shape index (κ3) is 3.93. The third-order valence-electron chi connectivity index (χ3n) is 3.91. The average Bonchev–Trinajstić information content (AvgIpc) is 2.25. The molecule has 1 saturated carbocycles. The molecular weight excluding hydrogens is 276 g/mol. The SMILES string of the molecule is CC(C(O)C1CCCC(S(C)(=O)=O)C1)S(C)(=O)=O. The van der Waals surface area contributed by atoms with Gasteiger partial charge in [0.25, 0.3) is 0 Å². The van der Waals surface area contributed by atoms with Gasteiger partial charge in [0.2, 0.25) is 0 Å². The first-order chi connectivity index (χ1) is 8.03. The Balaban J connectivity index is 2.79. The Labute approximate surface area is 109 Å². The fourth-order valence-electron chi connectivity index (χ4n) is 2.52. The van der Waals surface area contributed by atoms with E-state index in [1.54, 1.807) is 0 Å². The molecule has 0 aliphatic heterocycles. The molecule has 5 nitrogen and oxygen atoms in total. The van der Waals surface area contributed by atoms with Crippen LogP contribution in [0, 0.1) is 5.92 Å². The van der Waals surface area contributed by atoms with Gasteiger partial charge in [0.1, 0.15) is 9.84 Å². The van der Waals surface area contributed by atoms with Crippen molar-refractivity contribution in [1.29, 1.82) is 0 Å². The van der Waals surface area contributed by atoms with Crippen LogP contribution in [0.2, 0.25) is 0 Å². The van der Waals surface area contributed by atoms with Crippen molar-refractivity contribution in [2.24, 2.45) is 5.92 Å². The van der Waals surface area contributed by atoms with Crippen LogP contribution in [0.5, 0.6) is 0 Å². The van der Waals surface area contributed by atoms with Gasteiger partial charge in [-0.2, -0.15) is 0 Å². The Kier molecular flexibility index (Phi) is 4.83. The van der Waals surface area contributed by atoms with Crippen molar-refractivity contribution in [3.8, 4) is 0 Å². The molecule has 7 heteroatoms. The smallest absolute Gasteiger partial charge is 0.152 e. The van der Waals surface area contributed by atoms with Crippen LogP contribution in [-0.4, -0.2) is 51.1 Å². The first-order valence-corrected chi connectivity index (χ1v) is 10.00. The van der Waals surface area contributed by atoms with Crippen LogP contribution in [-0.2, 0) is 19.7 Å². The van der Waals surface area contributed by atoms with Crippen molar-refractivity contribution in [2.75, 3.05) is 12.5 Å². The van der Waals surface area contributed by atoms with Crippen molar-refractivity contribution in [3.63, 3.8) is 0 Å². The molecule has 1 N–H and O–H groups in total. The highest BCUT2D eigenvalue weighted by atomic mass is 32.2. The molecule has 4 atom stereocenters. The summed E-state index contributed by atoms with van der Waals surface area (Å²) in [5, 5.41) is 8.79. The van der Waals surface area contributed by atoms with Crippen LogP contribution < -0.4 is 0 Å². The average molecular weight is 298 g/mol. The van der Waals surface area contributed by atoms with E-state index in [-0.39, 0.29) is 5.92 Å². The quantitative estimate of drug-likeness (QED) is 0.811. The van der Waals surface area contributed by atoms with Gasteiger partial charge < -0.3 is 5.11 Å². The minimum atomic E-state index is -3.30. The molecule has 0 bridgehead atoms. The van der Waals surface area contributed by atoms with E-state index in [1.807, 2.05) is 0 Å². The fourth-order valence-corrected chi connectivity index (χ4v) is 4.44. The number of rotatable bonds is 4. The molecule has 1 aliphatic carbocycles. The molecule has 1 aliphatic rings. The van der Waals surface area contributed by atoms with E-state index in [0.29, 0.717) is 19.3 Å². The highest BCUT2D eigenvalue weighted by Crippen LogP contribution is 2.32. The second-order valence-corrected chi connectivity index (χ2v) is 10.1. The molecule has 0 aromatic carbocycles. The maximum atomic E-state index is 11.5. The Hall–Kier alpha value is -0.140. The maximum Gasteiger partial charge on any atom is 0.152 e. The van der Waals surface area contributed by atoms with E-state index in [4.69, 9.17) is 0 Å². The lowest BCUT2D eigenvalue weighted by atomic mass is 9.84. The summed E-state index contributed by atoms with van der Waals surface area (Å²) in [7, 11) is -6.42. The summed E-state index contributed by atoms with van der Waals surface area (Å²) >= 11 is 0. The lowest BCUT2D eigenvalue weighted by Gasteiger charge is -2.33. The molecule has 0 aromatic heterocycles. The first kappa shape index (κ1) is 15.9. The van der Waals surface area contributed by atoms with E-state index < -0.39 is 36.3 Å². The fraction of sp³-hybridized carbons (Fsp3) is 1.00. The van der Waals surface area contributed by atoms with Crippen LogP contribution in [0.1, 0.15) is 32.6 Å². The minimum absolute atomic E-state index is 0.247. The van der Waals surface area contributed by atoms with Gasteiger partial charge in [-0.15, -0.1) is 0 Å². The number of aliphatic hydroxyl groups excluding tert-OH is 1. The van der Waals surface area contributed by atoms with Crippen molar-refractivity contribution in [3.05, 3.63) is 0 Å². The number of hydrogen-bond donors (Lipinski definition) is 1. The molecule has 1 fully saturated rings. The monoisotopic (exact) mass is 298 g/mol. The summed E-state index contributed by atoms with van der Waals surface area (Å²) in [6.07, 6.45) is 3.69. The van der Waals surface area contributed by atoms with Crippen LogP contribution in [0.25, 0.3) is 0 Å². The van der Waals surface area contributed by atoms with Crippen LogP contribution in [0.15, 0.2) is 0 Å². The lowest BCUT2D eigenvalue weighted by molar-refractivity contribution is 0.0850. The van der Waals surface area contributed by atoms with Crippen LogP contribution in [0.4, 0.5) is 0 Å². The Morgan fingerprint density at radius 2 is 1.67 bits per heavy atom. The van der Waals surface area contributed by atoms with Crippen molar-refractivity contribution in [2.45, 2.75) is 49.2 Å². The zero-order chi connectivity index (χ0) is 14.1. The molecule has 0 amide bonds. The topological polar surface area (TPSA) is 88.5 Å². The van der Waals surface area contributed by atoms with Crippen LogP contribution in [0.3, 0.4) is 0 Å². The Bertz CT molecular complexity index is 450. The zero-order valence-corrected chi connectivity index (χ0v) is 12.7. The molecule has 0 spiro atoms. The minimum Gasteiger partial charge on any atom is -0.391 e. The van der Waals surface area contributed by atoms with Gasteiger partial charge in [-0.1, -0.05) is 6.42 Å². The molecular formula is C11H22O5S2. The predicted molar refractivity (Wildman–Crippen MR) is 70.9 cm³/mol. The Morgan fingerprint density at radius 3 is 2.11 bits per heavy atom. The van der Waals surface area contributed by atoms with Crippen molar-refractivity contribution in [1.82, 2.24) is 0 Å². The summed E-state index contributed by atoms with van der Waals surface area (Å²) in [4.78, 5) is 0. The molecule has 4 unspecified atom stereocenters. The predicted octanol–water partition coefficient (Wildman–Crippen LogP) is 0.384. The zero-order valence-electron chi connectivity index (χ0n) is 11.0. The summed E-state index contributed by atoms with van der Waals surface area (Å²) < 4.78 is 45.9. The van der Waals surface area contributed by atoms with E-state index in [2.05, 4.69) is 0 Å². The highest BCUT2D eigenvalue weighted by molar-refractivity contribution is 7.91. The van der Waals surface area contributed by atoms with E-state index in [9.17, 15) is 21.9 Å². The summed E-state index contributed by atoms with van der Waals surface area (Å²) in [5.74, 6) is -0.247. The van der Waals surface area contributed by atoms with Gasteiger partial charge in [0.15, 0.2) is 9.84 Å². The van der Waals surface area contributed by atoms with Crippen molar-refractivity contribution < 1.29 is 21.9 Å². The summed E-state index contributed by atoms with van der Waals surface area (Å²) in [5.41, 5.74) is 0. The highest BCUT2D eigenvalue weighted by Gasteiger charge is 2.36. The molecule has 18 heavy (non-hydrogen) atoms. The molecule has 108 valence electrons. The van der Waals surface area contributed by atoms with Crippen LogP contribution >= 0.6 is 0 Å². The van der Waals surface area contributed by atoms with Gasteiger partial charge in [-0.05, 0) is 32.1 Å². The second kappa shape index (κ2) is 5.46. The Morgan fingerprint density at radius 1 is 1.11 bits per heavy atom. The van der Waals surface area contributed by atoms with Gasteiger partial charge in [-0.25, -0.2) is 16.8 Å². The van der Waals surface area contributed by atoms with Gasteiger partial charge >= 0.3 is 0 Å². The molecule has 0 saturated heterocycles. The molecule has 1 rings (SSSR count).